The van der Waals surface area contributed by atoms with Crippen LogP contribution in [0.5, 0.6) is 5.75 Å². The summed E-state index contributed by atoms with van der Waals surface area (Å²) < 4.78 is 11.4. The van der Waals surface area contributed by atoms with Crippen molar-refractivity contribution in [1.82, 2.24) is 15.1 Å². The van der Waals surface area contributed by atoms with E-state index < -0.39 is 35.7 Å². The number of ether oxygens (including phenoxy) is 2. The van der Waals surface area contributed by atoms with Crippen LogP contribution in [0.3, 0.4) is 0 Å². The average molecular weight is 580 g/mol. The van der Waals surface area contributed by atoms with Crippen LogP contribution < -0.4 is 10.1 Å². The number of carbonyl (C=O) groups excluding carboxylic acids is 2. The summed E-state index contributed by atoms with van der Waals surface area (Å²) in [4.78, 5) is 40.3. The molecule has 1 saturated carbocycles. The zero-order valence-corrected chi connectivity index (χ0v) is 25.5. The summed E-state index contributed by atoms with van der Waals surface area (Å²) >= 11 is 0. The number of likely N-dealkylation sites (tertiary alicyclic amines) is 1. The minimum Gasteiger partial charge on any atom is -0.488 e. The predicted octanol–water partition coefficient (Wildman–Crippen LogP) is 4.83. The second-order valence-corrected chi connectivity index (χ2v) is 12.8. The van der Waals surface area contributed by atoms with Crippen molar-refractivity contribution in [3.63, 3.8) is 0 Å². The quantitative estimate of drug-likeness (QED) is 0.438. The van der Waals surface area contributed by atoms with Gasteiger partial charge in [-0.15, -0.1) is 0 Å². The van der Waals surface area contributed by atoms with Gasteiger partial charge in [-0.1, -0.05) is 42.5 Å². The third-order valence-corrected chi connectivity index (χ3v) is 8.48. The molecule has 1 aliphatic heterocycles. The molecule has 0 bridgehead atoms. The maximum atomic E-state index is 12.8. The van der Waals surface area contributed by atoms with E-state index in [2.05, 4.69) is 60.7 Å². The van der Waals surface area contributed by atoms with E-state index in [4.69, 9.17) is 9.47 Å². The molecule has 2 aromatic carbocycles. The zero-order chi connectivity index (χ0) is 30.5. The Morgan fingerprint density at radius 2 is 1.74 bits per heavy atom. The lowest BCUT2D eigenvalue weighted by Gasteiger charge is -2.45. The van der Waals surface area contributed by atoms with Crippen molar-refractivity contribution < 1.29 is 29.0 Å². The number of nitrogens with zero attached hydrogens (tertiary/aromatic N) is 2. The molecule has 228 valence electrons. The molecule has 2 N–H and O–H groups in total. The summed E-state index contributed by atoms with van der Waals surface area (Å²) in [6, 6.07) is 17.8. The standard InChI is InChI=1S/C33H45N3O6/c1-32(2,3)42-31(40)34-21-29(37)36-22-27(20-28(36)30(38)39)41-26-13-9-10-24(19-26)18-23-14-16-33(17-15-23,35(4)5)25-11-7-6-8-12-25/h6-13,19,23,27-28H,14-18,20-22H2,1-5H3,(H,34,40)(H,38,39)/t23?,27-,28-,33?/m0/s1. The van der Waals surface area contributed by atoms with Crippen LogP contribution in [0.1, 0.15) is 64.0 Å². The van der Waals surface area contributed by atoms with Gasteiger partial charge in [0.25, 0.3) is 0 Å². The first kappa shape index (κ1) is 31.3. The van der Waals surface area contributed by atoms with E-state index >= 15 is 0 Å². The van der Waals surface area contributed by atoms with Crippen molar-refractivity contribution in [2.24, 2.45) is 5.92 Å². The van der Waals surface area contributed by atoms with Crippen molar-refractivity contribution in [2.45, 2.75) is 82.6 Å². The van der Waals surface area contributed by atoms with Crippen LogP contribution in [0.2, 0.25) is 0 Å². The SMILES string of the molecule is CN(C)C1(c2ccccc2)CCC(Cc2cccc(O[C@H]3C[C@@H](C(=O)O)N(C(=O)CNC(=O)OC(C)(C)C)C3)c2)CC1. The number of nitrogens with one attached hydrogen (secondary N) is 1. The minimum atomic E-state index is -1.10. The first-order valence-electron chi connectivity index (χ1n) is 14.8. The van der Waals surface area contributed by atoms with Gasteiger partial charge in [0.2, 0.25) is 5.91 Å². The van der Waals surface area contributed by atoms with Crippen molar-refractivity contribution >= 4 is 18.0 Å². The number of alkyl carbamates (subject to hydrolysis) is 1. The van der Waals surface area contributed by atoms with E-state index in [9.17, 15) is 19.5 Å². The Morgan fingerprint density at radius 1 is 1.05 bits per heavy atom. The summed E-state index contributed by atoms with van der Waals surface area (Å²) in [6.07, 6.45) is 4.42. The number of hydrogen-bond donors (Lipinski definition) is 2. The molecule has 2 amide bonds. The van der Waals surface area contributed by atoms with Crippen LogP contribution in [0, 0.1) is 5.92 Å². The molecule has 0 radical (unpaired) electrons. The Bertz CT molecular complexity index is 1230. The number of carboxylic acids is 1. The summed E-state index contributed by atoms with van der Waals surface area (Å²) in [6.45, 7) is 4.96. The Hall–Kier alpha value is -3.59. The third-order valence-electron chi connectivity index (χ3n) is 8.48. The van der Waals surface area contributed by atoms with Crippen LogP contribution in [-0.4, -0.2) is 77.8 Å². The van der Waals surface area contributed by atoms with Gasteiger partial charge in [0, 0.05) is 12.0 Å². The lowest BCUT2D eigenvalue weighted by atomic mass is 9.70. The van der Waals surface area contributed by atoms with Gasteiger partial charge in [0.1, 0.15) is 30.0 Å². The Labute approximate surface area is 249 Å². The molecular formula is C33H45N3O6. The van der Waals surface area contributed by atoms with E-state index in [0.29, 0.717) is 11.7 Å². The largest absolute Gasteiger partial charge is 0.488 e. The van der Waals surface area contributed by atoms with Crippen molar-refractivity contribution in [3.05, 3.63) is 65.7 Å². The topological polar surface area (TPSA) is 108 Å². The van der Waals surface area contributed by atoms with Crippen LogP contribution in [-0.2, 0) is 26.3 Å². The number of rotatable bonds is 9. The van der Waals surface area contributed by atoms with Crippen LogP contribution in [0.25, 0.3) is 0 Å². The van der Waals surface area contributed by atoms with Crippen molar-refractivity contribution in [1.29, 1.82) is 0 Å². The number of hydrogen-bond acceptors (Lipinski definition) is 6. The van der Waals surface area contributed by atoms with Crippen molar-refractivity contribution in [3.8, 4) is 5.75 Å². The fraction of sp³-hybridized carbons (Fsp3) is 0.545. The van der Waals surface area contributed by atoms with E-state index in [-0.39, 0.29) is 25.0 Å². The first-order valence-corrected chi connectivity index (χ1v) is 14.8. The summed E-state index contributed by atoms with van der Waals surface area (Å²) in [5.74, 6) is -0.340. The third kappa shape index (κ3) is 7.82. The predicted molar refractivity (Wildman–Crippen MR) is 160 cm³/mol. The highest BCUT2D eigenvalue weighted by molar-refractivity contribution is 5.87. The van der Waals surface area contributed by atoms with Gasteiger partial charge in [0.05, 0.1) is 6.54 Å². The Morgan fingerprint density at radius 3 is 2.36 bits per heavy atom. The molecule has 2 atom stereocenters. The molecular weight excluding hydrogens is 534 g/mol. The summed E-state index contributed by atoms with van der Waals surface area (Å²) in [7, 11) is 4.36. The Kier molecular flexibility index (Phi) is 9.82. The van der Waals surface area contributed by atoms with Gasteiger partial charge < -0.3 is 24.8 Å². The van der Waals surface area contributed by atoms with E-state index in [1.807, 2.05) is 18.2 Å². The molecule has 4 rings (SSSR count). The van der Waals surface area contributed by atoms with Gasteiger partial charge in [-0.3, -0.25) is 9.69 Å². The van der Waals surface area contributed by atoms with Crippen LogP contribution in [0.15, 0.2) is 54.6 Å². The fourth-order valence-electron chi connectivity index (χ4n) is 6.33. The van der Waals surface area contributed by atoms with E-state index in [1.165, 1.54) is 16.0 Å². The van der Waals surface area contributed by atoms with Gasteiger partial charge >= 0.3 is 12.1 Å². The normalized spacial score (nSPS) is 24.3. The first-order chi connectivity index (χ1) is 19.9. The van der Waals surface area contributed by atoms with E-state index in [1.54, 1.807) is 20.8 Å². The second-order valence-electron chi connectivity index (χ2n) is 12.8. The fourth-order valence-corrected chi connectivity index (χ4v) is 6.33. The van der Waals surface area contributed by atoms with Crippen molar-refractivity contribution in [2.75, 3.05) is 27.2 Å². The average Bonchev–Trinajstić information content (AvgIpc) is 3.36. The van der Waals surface area contributed by atoms with Gasteiger partial charge in [-0.05, 0) is 96.1 Å². The highest BCUT2D eigenvalue weighted by Gasteiger charge is 2.41. The molecule has 9 nitrogen and oxygen atoms in total. The van der Waals surface area contributed by atoms with E-state index in [0.717, 1.165) is 32.1 Å². The molecule has 9 heteroatoms. The molecule has 2 aromatic rings. The molecule has 2 aliphatic rings. The zero-order valence-electron chi connectivity index (χ0n) is 25.5. The highest BCUT2D eigenvalue weighted by atomic mass is 16.6. The monoisotopic (exact) mass is 579 g/mol. The smallest absolute Gasteiger partial charge is 0.408 e. The number of carbonyl (C=O) groups is 3. The molecule has 1 saturated heterocycles. The molecule has 0 unspecified atom stereocenters. The molecule has 42 heavy (non-hydrogen) atoms. The van der Waals surface area contributed by atoms with Gasteiger partial charge in [0.15, 0.2) is 0 Å². The molecule has 1 heterocycles. The molecule has 2 fully saturated rings. The number of amides is 2. The second kappa shape index (κ2) is 13.2. The molecule has 0 aromatic heterocycles. The highest BCUT2D eigenvalue weighted by Crippen LogP contribution is 2.44. The van der Waals surface area contributed by atoms with Gasteiger partial charge in [-0.25, -0.2) is 9.59 Å². The maximum absolute atomic E-state index is 12.8. The minimum absolute atomic E-state index is 0.0671. The lowest BCUT2D eigenvalue weighted by molar-refractivity contribution is -0.147. The number of benzene rings is 2. The number of carboxylic acid groups (broad SMARTS) is 1. The molecule has 1 aliphatic carbocycles. The van der Waals surface area contributed by atoms with Gasteiger partial charge in [-0.2, -0.15) is 0 Å². The summed E-state index contributed by atoms with van der Waals surface area (Å²) in [5.41, 5.74) is 1.94. The van der Waals surface area contributed by atoms with Crippen LogP contribution >= 0.6 is 0 Å². The summed E-state index contributed by atoms with van der Waals surface area (Å²) in [5, 5.41) is 12.2. The van der Waals surface area contributed by atoms with Crippen LogP contribution in [0.4, 0.5) is 4.79 Å². The number of aliphatic carboxylic acids is 1. The lowest BCUT2D eigenvalue weighted by Crippen LogP contribution is -2.46. The Balaban J connectivity index is 1.33. The maximum Gasteiger partial charge on any atom is 0.408 e. The molecule has 0 spiro atoms.